The fourth-order valence-corrected chi connectivity index (χ4v) is 0.860. The minimum absolute atomic E-state index is 0.0759. The Balaban J connectivity index is 4.25. The normalized spacial score (nSPS) is 12.4. The lowest BCUT2D eigenvalue weighted by Crippen LogP contribution is -2.25. The van der Waals surface area contributed by atoms with Gasteiger partial charge in [0.1, 0.15) is 5.71 Å². The number of nitrogens with zero attached hydrogens (tertiary/aromatic N) is 1. The van der Waals surface area contributed by atoms with Gasteiger partial charge in [0, 0.05) is 13.0 Å². The average molecular weight is 171 g/mol. The highest BCUT2D eigenvalue weighted by molar-refractivity contribution is 6.37. The number of carbonyl (C=O) groups is 1. The Kier molecular flexibility index (Phi) is 4.55. The molecule has 0 aromatic heterocycles. The molecular formula is C9H17NO2. The van der Waals surface area contributed by atoms with Crippen molar-refractivity contribution in [2.75, 3.05) is 7.05 Å². The molecule has 0 saturated heterocycles. The predicted octanol–water partition coefficient (Wildman–Crippen LogP) is 1.66. The van der Waals surface area contributed by atoms with Crippen LogP contribution in [-0.4, -0.2) is 24.8 Å². The second-order valence-corrected chi connectivity index (χ2v) is 3.22. The smallest absolute Gasteiger partial charge is 0.352 e. The Morgan fingerprint density at radius 2 is 1.75 bits per heavy atom. The molecule has 0 aliphatic rings. The maximum atomic E-state index is 11.3. The van der Waals surface area contributed by atoms with Crippen LogP contribution in [0.15, 0.2) is 4.99 Å². The number of esters is 1. The van der Waals surface area contributed by atoms with Gasteiger partial charge in [0.25, 0.3) is 0 Å². The lowest BCUT2D eigenvalue weighted by molar-refractivity contribution is -0.139. The van der Waals surface area contributed by atoms with E-state index >= 15 is 0 Å². The fraction of sp³-hybridized carbons (Fsp3) is 0.778. The summed E-state index contributed by atoms with van der Waals surface area (Å²) in [5.74, 6) is -0.177. The van der Waals surface area contributed by atoms with Crippen molar-refractivity contribution in [3.05, 3.63) is 0 Å². The highest BCUT2D eigenvalue weighted by atomic mass is 16.5. The molecule has 0 radical (unpaired) electrons. The summed E-state index contributed by atoms with van der Waals surface area (Å²) in [5, 5.41) is 0. The minimum atomic E-state index is -0.303. The molecule has 0 atom stereocenters. The highest BCUT2D eigenvalue weighted by Crippen LogP contribution is 2.01. The van der Waals surface area contributed by atoms with Gasteiger partial charge in [-0.3, -0.25) is 4.99 Å². The summed E-state index contributed by atoms with van der Waals surface area (Å²) in [7, 11) is 1.61. The molecule has 0 fully saturated rings. The van der Waals surface area contributed by atoms with Crippen LogP contribution in [0, 0.1) is 5.92 Å². The molecule has 0 aromatic rings. The monoisotopic (exact) mass is 171 g/mol. The summed E-state index contributed by atoms with van der Waals surface area (Å²) < 4.78 is 4.99. The summed E-state index contributed by atoms with van der Waals surface area (Å²) in [6.07, 6.45) is -0.0759. The van der Waals surface area contributed by atoms with Gasteiger partial charge >= 0.3 is 5.97 Å². The van der Waals surface area contributed by atoms with Crippen LogP contribution in [0.3, 0.4) is 0 Å². The maximum Gasteiger partial charge on any atom is 0.352 e. The first-order chi connectivity index (χ1) is 5.49. The van der Waals surface area contributed by atoms with Crippen molar-refractivity contribution in [3.63, 3.8) is 0 Å². The summed E-state index contributed by atoms with van der Waals surface area (Å²) >= 11 is 0. The molecule has 0 heterocycles. The van der Waals surface area contributed by atoms with Crippen molar-refractivity contribution in [1.29, 1.82) is 0 Å². The summed E-state index contributed by atoms with van der Waals surface area (Å²) in [4.78, 5) is 15.2. The van der Waals surface area contributed by atoms with E-state index in [1.165, 1.54) is 0 Å². The van der Waals surface area contributed by atoms with E-state index in [9.17, 15) is 4.79 Å². The number of hydrogen-bond donors (Lipinski definition) is 0. The zero-order chi connectivity index (χ0) is 9.72. The summed E-state index contributed by atoms with van der Waals surface area (Å²) in [6, 6.07) is 0. The fourth-order valence-electron chi connectivity index (χ4n) is 0.860. The zero-order valence-electron chi connectivity index (χ0n) is 8.42. The standard InChI is InChI=1S/C9H17NO2/c1-6(2)8(10-5)9(11)12-7(3)4/h6-7H,1-5H3. The van der Waals surface area contributed by atoms with E-state index < -0.39 is 0 Å². The topological polar surface area (TPSA) is 38.7 Å². The van der Waals surface area contributed by atoms with Crippen molar-refractivity contribution >= 4 is 11.7 Å². The molecule has 3 nitrogen and oxygen atoms in total. The van der Waals surface area contributed by atoms with Gasteiger partial charge in [-0.2, -0.15) is 0 Å². The predicted molar refractivity (Wildman–Crippen MR) is 49.4 cm³/mol. The molecule has 3 heteroatoms. The third-order valence-electron chi connectivity index (χ3n) is 1.34. The van der Waals surface area contributed by atoms with Crippen molar-refractivity contribution in [1.82, 2.24) is 0 Å². The molecular weight excluding hydrogens is 154 g/mol. The molecule has 0 aliphatic carbocycles. The molecule has 0 spiro atoms. The van der Waals surface area contributed by atoms with Crippen molar-refractivity contribution in [2.24, 2.45) is 10.9 Å². The first-order valence-electron chi connectivity index (χ1n) is 4.16. The van der Waals surface area contributed by atoms with Gasteiger partial charge in [-0.15, -0.1) is 0 Å². The largest absolute Gasteiger partial charge is 0.458 e. The van der Waals surface area contributed by atoms with Crippen LogP contribution < -0.4 is 0 Å². The minimum Gasteiger partial charge on any atom is -0.458 e. The van der Waals surface area contributed by atoms with Gasteiger partial charge in [0.2, 0.25) is 0 Å². The molecule has 70 valence electrons. The maximum absolute atomic E-state index is 11.3. The number of carbonyl (C=O) groups excluding carboxylic acids is 1. The number of rotatable bonds is 3. The van der Waals surface area contributed by atoms with E-state index in [4.69, 9.17) is 4.74 Å². The van der Waals surface area contributed by atoms with Gasteiger partial charge in [0.05, 0.1) is 6.10 Å². The van der Waals surface area contributed by atoms with Crippen molar-refractivity contribution in [2.45, 2.75) is 33.8 Å². The highest BCUT2D eigenvalue weighted by Gasteiger charge is 2.16. The Morgan fingerprint density at radius 3 is 2.00 bits per heavy atom. The van der Waals surface area contributed by atoms with Gasteiger partial charge in [-0.05, 0) is 13.8 Å². The first kappa shape index (κ1) is 11.1. The van der Waals surface area contributed by atoms with E-state index in [0.717, 1.165) is 0 Å². The van der Waals surface area contributed by atoms with E-state index in [0.29, 0.717) is 5.71 Å². The van der Waals surface area contributed by atoms with Crippen LogP contribution in [0.25, 0.3) is 0 Å². The van der Waals surface area contributed by atoms with Crippen LogP contribution in [0.4, 0.5) is 0 Å². The van der Waals surface area contributed by atoms with Crippen LogP contribution in [0.5, 0.6) is 0 Å². The molecule has 0 bridgehead atoms. The summed E-state index contributed by atoms with van der Waals surface area (Å²) in [5.41, 5.74) is 0.503. The second kappa shape index (κ2) is 4.91. The summed E-state index contributed by atoms with van der Waals surface area (Å²) in [6.45, 7) is 7.49. The van der Waals surface area contributed by atoms with Gasteiger partial charge in [-0.25, -0.2) is 4.79 Å². The average Bonchev–Trinajstić information content (AvgIpc) is 1.85. The van der Waals surface area contributed by atoms with Gasteiger partial charge < -0.3 is 4.74 Å². The molecule has 0 unspecified atom stereocenters. The van der Waals surface area contributed by atoms with Gasteiger partial charge in [-0.1, -0.05) is 13.8 Å². The van der Waals surface area contributed by atoms with E-state index in [2.05, 4.69) is 4.99 Å². The van der Waals surface area contributed by atoms with E-state index in [1.54, 1.807) is 7.05 Å². The van der Waals surface area contributed by atoms with Crippen LogP contribution in [-0.2, 0) is 9.53 Å². The lowest BCUT2D eigenvalue weighted by atomic mass is 10.1. The second-order valence-electron chi connectivity index (χ2n) is 3.22. The van der Waals surface area contributed by atoms with Crippen LogP contribution in [0.2, 0.25) is 0 Å². The lowest BCUT2D eigenvalue weighted by Gasteiger charge is -2.11. The molecule has 0 aliphatic heterocycles. The third-order valence-corrected chi connectivity index (χ3v) is 1.34. The number of ether oxygens (including phenoxy) is 1. The van der Waals surface area contributed by atoms with Gasteiger partial charge in [0.15, 0.2) is 0 Å². The quantitative estimate of drug-likeness (QED) is 0.478. The first-order valence-corrected chi connectivity index (χ1v) is 4.16. The van der Waals surface area contributed by atoms with Crippen molar-refractivity contribution < 1.29 is 9.53 Å². The van der Waals surface area contributed by atoms with Crippen LogP contribution >= 0.6 is 0 Å². The molecule has 0 saturated carbocycles. The molecule has 0 aromatic carbocycles. The van der Waals surface area contributed by atoms with E-state index in [-0.39, 0.29) is 18.0 Å². The Bertz CT molecular complexity index is 183. The SMILES string of the molecule is CN=C(C(=O)OC(C)C)C(C)C. The molecule has 12 heavy (non-hydrogen) atoms. The Labute approximate surface area is 73.8 Å². The van der Waals surface area contributed by atoms with Crippen LogP contribution in [0.1, 0.15) is 27.7 Å². The molecule has 0 N–H and O–H groups in total. The molecule has 0 rings (SSSR count). The Morgan fingerprint density at radius 1 is 1.25 bits per heavy atom. The molecule has 0 amide bonds. The number of aliphatic imine (C=N–C) groups is 1. The zero-order valence-corrected chi connectivity index (χ0v) is 8.42. The number of hydrogen-bond acceptors (Lipinski definition) is 3. The Hall–Kier alpha value is -0.860. The van der Waals surface area contributed by atoms with Crippen molar-refractivity contribution in [3.8, 4) is 0 Å². The van der Waals surface area contributed by atoms with E-state index in [1.807, 2.05) is 27.7 Å². The third kappa shape index (κ3) is 3.51.